The minimum absolute atomic E-state index is 0.120. The predicted octanol–water partition coefficient (Wildman–Crippen LogP) is 4.43. The summed E-state index contributed by atoms with van der Waals surface area (Å²) in [6.07, 6.45) is 0.120. The van der Waals surface area contributed by atoms with E-state index in [-0.39, 0.29) is 30.2 Å². The largest absolute Gasteiger partial charge is 0.335 e. The molecule has 4 aromatic rings. The van der Waals surface area contributed by atoms with Gasteiger partial charge >= 0.3 is 0 Å². The van der Waals surface area contributed by atoms with Crippen LogP contribution in [0.5, 0.6) is 0 Å². The maximum atomic E-state index is 13.1. The zero-order valence-electron chi connectivity index (χ0n) is 16.6. The third-order valence-corrected chi connectivity index (χ3v) is 5.94. The molecule has 31 heavy (non-hydrogen) atoms. The molecule has 2 aromatic carbocycles. The molecule has 0 atom stereocenters. The minimum Gasteiger partial charge on any atom is -0.335 e. The number of carbonyl (C=O) groups excluding carboxylic acids is 1. The summed E-state index contributed by atoms with van der Waals surface area (Å²) >= 11 is 7.41. The SMILES string of the molecule is CCN(Cc1nc2cc(Cl)ccc2c(=O)[nH]1)C(=O)Cc1csc(-c2ccc(F)cc2)n1. The second-order valence-corrected chi connectivity index (χ2v) is 8.20. The molecule has 0 spiro atoms. The van der Waals surface area contributed by atoms with Crippen molar-refractivity contribution in [2.24, 2.45) is 0 Å². The van der Waals surface area contributed by atoms with Crippen LogP contribution in [0.3, 0.4) is 0 Å². The first-order valence-corrected chi connectivity index (χ1v) is 10.8. The highest BCUT2D eigenvalue weighted by molar-refractivity contribution is 7.13. The summed E-state index contributed by atoms with van der Waals surface area (Å²) in [5.74, 6) is -0.0514. The van der Waals surface area contributed by atoms with Crippen molar-refractivity contribution >= 4 is 39.7 Å². The number of benzene rings is 2. The Morgan fingerprint density at radius 1 is 1.19 bits per heavy atom. The molecule has 6 nitrogen and oxygen atoms in total. The number of H-pyrrole nitrogens is 1. The number of aromatic amines is 1. The molecule has 9 heteroatoms. The fourth-order valence-electron chi connectivity index (χ4n) is 3.17. The molecule has 0 unspecified atom stereocenters. The van der Waals surface area contributed by atoms with Gasteiger partial charge in [-0.2, -0.15) is 0 Å². The number of carbonyl (C=O) groups is 1. The number of nitrogens with one attached hydrogen (secondary N) is 1. The van der Waals surface area contributed by atoms with E-state index in [2.05, 4.69) is 15.0 Å². The topological polar surface area (TPSA) is 79.0 Å². The van der Waals surface area contributed by atoms with Crippen molar-refractivity contribution in [1.29, 1.82) is 0 Å². The average Bonchev–Trinajstić information content (AvgIpc) is 3.20. The van der Waals surface area contributed by atoms with Crippen LogP contribution in [0.1, 0.15) is 18.4 Å². The third kappa shape index (κ3) is 4.81. The van der Waals surface area contributed by atoms with E-state index in [4.69, 9.17) is 11.6 Å². The fraction of sp³-hybridized carbons (Fsp3) is 0.182. The second kappa shape index (κ2) is 8.95. The van der Waals surface area contributed by atoms with E-state index in [9.17, 15) is 14.0 Å². The van der Waals surface area contributed by atoms with Gasteiger partial charge in [0.2, 0.25) is 5.91 Å². The van der Waals surface area contributed by atoms with Gasteiger partial charge in [-0.3, -0.25) is 9.59 Å². The average molecular weight is 457 g/mol. The fourth-order valence-corrected chi connectivity index (χ4v) is 4.17. The van der Waals surface area contributed by atoms with E-state index >= 15 is 0 Å². The summed E-state index contributed by atoms with van der Waals surface area (Å²) < 4.78 is 13.1. The van der Waals surface area contributed by atoms with Crippen LogP contribution < -0.4 is 5.56 Å². The number of hydrogen-bond donors (Lipinski definition) is 1. The third-order valence-electron chi connectivity index (χ3n) is 4.77. The Kier molecular flexibility index (Phi) is 6.11. The zero-order chi connectivity index (χ0) is 22.0. The van der Waals surface area contributed by atoms with Crippen molar-refractivity contribution in [3.63, 3.8) is 0 Å². The van der Waals surface area contributed by atoms with Crippen molar-refractivity contribution < 1.29 is 9.18 Å². The molecule has 1 amide bonds. The molecule has 0 saturated carbocycles. The highest BCUT2D eigenvalue weighted by atomic mass is 35.5. The molecule has 2 aromatic heterocycles. The van der Waals surface area contributed by atoms with Gasteiger partial charge in [-0.15, -0.1) is 11.3 Å². The highest BCUT2D eigenvalue weighted by Gasteiger charge is 2.17. The summed E-state index contributed by atoms with van der Waals surface area (Å²) in [5, 5.41) is 3.48. The molecule has 0 saturated heterocycles. The molecule has 158 valence electrons. The smallest absolute Gasteiger partial charge is 0.258 e. The molecule has 0 aliphatic carbocycles. The van der Waals surface area contributed by atoms with E-state index in [1.807, 2.05) is 12.3 Å². The van der Waals surface area contributed by atoms with Gasteiger partial charge in [0.15, 0.2) is 0 Å². The molecule has 0 bridgehead atoms. The first-order chi connectivity index (χ1) is 14.9. The van der Waals surface area contributed by atoms with Gasteiger partial charge in [0, 0.05) is 22.5 Å². The number of amides is 1. The van der Waals surface area contributed by atoms with E-state index < -0.39 is 0 Å². The second-order valence-electron chi connectivity index (χ2n) is 6.91. The van der Waals surface area contributed by atoms with Gasteiger partial charge in [0.25, 0.3) is 5.56 Å². The van der Waals surface area contributed by atoms with Crippen LogP contribution in [0, 0.1) is 5.82 Å². The van der Waals surface area contributed by atoms with Crippen molar-refractivity contribution in [3.8, 4) is 10.6 Å². The van der Waals surface area contributed by atoms with Gasteiger partial charge in [0.05, 0.1) is 29.6 Å². The zero-order valence-corrected chi connectivity index (χ0v) is 18.1. The van der Waals surface area contributed by atoms with Crippen molar-refractivity contribution in [1.82, 2.24) is 19.9 Å². The summed E-state index contributed by atoms with van der Waals surface area (Å²) in [6, 6.07) is 11.0. The lowest BCUT2D eigenvalue weighted by atomic mass is 10.2. The number of fused-ring (bicyclic) bond motifs is 1. The van der Waals surface area contributed by atoms with Crippen LogP contribution in [0.4, 0.5) is 4.39 Å². The van der Waals surface area contributed by atoms with Gasteiger partial charge in [0.1, 0.15) is 16.6 Å². The Labute approximate surface area is 186 Å². The quantitative estimate of drug-likeness (QED) is 0.465. The first kappa shape index (κ1) is 21.1. The Balaban J connectivity index is 1.49. The number of nitrogens with zero attached hydrogens (tertiary/aromatic N) is 3. The Bertz CT molecular complexity index is 1300. The van der Waals surface area contributed by atoms with Crippen molar-refractivity contribution in [3.05, 3.63) is 80.6 Å². The van der Waals surface area contributed by atoms with Gasteiger partial charge in [-0.05, 0) is 49.4 Å². The van der Waals surface area contributed by atoms with E-state index in [0.29, 0.717) is 34.0 Å². The summed E-state index contributed by atoms with van der Waals surface area (Å²) in [4.78, 5) is 38.5. The van der Waals surface area contributed by atoms with Gasteiger partial charge in [-0.25, -0.2) is 14.4 Å². The van der Waals surface area contributed by atoms with Gasteiger partial charge in [-0.1, -0.05) is 11.6 Å². The lowest BCUT2D eigenvalue weighted by Crippen LogP contribution is -2.33. The van der Waals surface area contributed by atoms with Crippen LogP contribution in [0.2, 0.25) is 5.02 Å². The maximum absolute atomic E-state index is 13.1. The van der Waals surface area contributed by atoms with Gasteiger partial charge < -0.3 is 9.88 Å². The molecule has 2 heterocycles. The predicted molar refractivity (Wildman–Crippen MR) is 120 cm³/mol. The van der Waals surface area contributed by atoms with E-state index in [1.54, 1.807) is 35.2 Å². The summed E-state index contributed by atoms with van der Waals surface area (Å²) in [7, 11) is 0. The lowest BCUT2D eigenvalue weighted by Gasteiger charge is -2.20. The summed E-state index contributed by atoms with van der Waals surface area (Å²) in [6.45, 7) is 2.48. The molecule has 0 aliphatic rings. The Morgan fingerprint density at radius 2 is 1.97 bits per heavy atom. The van der Waals surface area contributed by atoms with Crippen LogP contribution in [-0.2, 0) is 17.8 Å². The number of aromatic nitrogens is 3. The molecular formula is C22H18ClFN4O2S. The molecular weight excluding hydrogens is 439 g/mol. The first-order valence-electron chi connectivity index (χ1n) is 9.59. The van der Waals surface area contributed by atoms with Crippen LogP contribution >= 0.6 is 22.9 Å². The normalized spacial score (nSPS) is 11.1. The van der Waals surface area contributed by atoms with E-state index in [1.165, 1.54) is 23.5 Å². The maximum Gasteiger partial charge on any atom is 0.258 e. The number of thiazole rings is 1. The molecule has 0 aliphatic heterocycles. The Hall–Kier alpha value is -3.10. The Morgan fingerprint density at radius 3 is 2.71 bits per heavy atom. The number of halogens is 2. The minimum atomic E-state index is -0.308. The lowest BCUT2D eigenvalue weighted by molar-refractivity contribution is -0.131. The van der Waals surface area contributed by atoms with E-state index in [0.717, 1.165) is 10.6 Å². The molecule has 0 radical (unpaired) electrons. The molecule has 0 fully saturated rings. The van der Waals surface area contributed by atoms with Crippen LogP contribution in [0.25, 0.3) is 21.5 Å². The van der Waals surface area contributed by atoms with Crippen LogP contribution in [0.15, 0.2) is 52.6 Å². The van der Waals surface area contributed by atoms with Crippen molar-refractivity contribution in [2.75, 3.05) is 6.54 Å². The molecule has 4 rings (SSSR count). The van der Waals surface area contributed by atoms with Crippen LogP contribution in [-0.4, -0.2) is 32.3 Å². The van der Waals surface area contributed by atoms with Crippen molar-refractivity contribution in [2.45, 2.75) is 19.9 Å². The number of likely N-dealkylation sites (N-methyl/N-ethyl adjacent to an activating group) is 1. The molecule has 1 N–H and O–H groups in total. The monoisotopic (exact) mass is 456 g/mol. The summed E-state index contributed by atoms with van der Waals surface area (Å²) in [5.41, 5.74) is 1.65. The highest BCUT2D eigenvalue weighted by Crippen LogP contribution is 2.24. The number of hydrogen-bond acceptors (Lipinski definition) is 5. The standard InChI is InChI=1S/C22H18ClFN4O2S/c1-2-28(11-19-26-18-9-14(23)5-8-17(18)21(30)27-19)20(29)10-16-12-31-22(25-16)13-3-6-15(24)7-4-13/h3-9,12H,2,10-11H2,1H3,(H,26,27,30). The number of rotatable bonds is 6.